The van der Waals surface area contributed by atoms with E-state index in [1.165, 1.54) is 42.7 Å². The first-order chi connectivity index (χ1) is 13.6. The molecule has 142 valence electrons. The third kappa shape index (κ3) is 2.91. The first-order valence-electron chi connectivity index (χ1n) is 10.6. The topological polar surface area (TPSA) is 3.24 Å². The molecule has 0 aliphatic carbocycles. The van der Waals surface area contributed by atoms with Crippen LogP contribution in [0.4, 0.5) is 5.69 Å². The lowest BCUT2D eigenvalue weighted by atomic mass is 9.90. The van der Waals surface area contributed by atoms with Crippen molar-refractivity contribution in [3.63, 3.8) is 0 Å². The van der Waals surface area contributed by atoms with Crippen molar-refractivity contribution in [3.05, 3.63) is 90.0 Å². The van der Waals surface area contributed by atoms with Gasteiger partial charge in [0.15, 0.2) is 0 Å². The Morgan fingerprint density at radius 1 is 0.893 bits per heavy atom. The van der Waals surface area contributed by atoms with Gasteiger partial charge in [-0.05, 0) is 48.0 Å². The van der Waals surface area contributed by atoms with Crippen LogP contribution in [0.3, 0.4) is 0 Å². The fraction of sp³-hybridized carbons (Fsp3) is 0.308. The second-order valence-corrected chi connectivity index (χ2v) is 13.3. The molecule has 28 heavy (non-hydrogen) atoms. The van der Waals surface area contributed by atoms with Gasteiger partial charge in [0.1, 0.15) is 8.07 Å². The van der Waals surface area contributed by atoms with Crippen LogP contribution in [0.25, 0.3) is 0 Å². The zero-order valence-corrected chi connectivity index (χ0v) is 17.9. The Hall–Kier alpha value is -2.32. The number of benzene rings is 3. The van der Waals surface area contributed by atoms with Gasteiger partial charge in [-0.15, -0.1) is 0 Å². The first-order valence-corrected chi connectivity index (χ1v) is 13.2. The molecule has 1 nitrogen and oxygen atoms in total. The molecule has 2 heteroatoms. The standard InChI is InChI=1S/C26H29NSi/c1-20-13-14-25-26(15-20)28(2,23-11-7-4-8-12-23)24-17-22(18-27(25)19-24)16-21-9-5-3-6-10-21/h3-15,22,24H,16-19H2,1-2H3/t22-,24-,28+/m0/s1. The summed E-state index contributed by atoms with van der Waals surface area (Å²) in [5, 5.41) is 3.26. The molecule has 5 rings (SSSR count). The van der Waals surface area contributed by atoms with Crippen LogP contribution in [0.1, 0.15) is 17.5 Å². The molecule has 2 aliphatic rings. The highest BCUT2D eigenvalue weighted by atomic mass is 28.3. The lowest BCUT2D eigenvalue weighted by molar-refractivity contribution is 0.405. The van der Waals surface area contributed by atoms with Crippen molar-refractivity contribution < 1.29 is 0 Å². The van der Waals surface area contributed by atoms with Crippen LogP contribution in [0, 0.1) is 12.8 Å². The van der Waals surface area contributed by atoms with E-state index >= 15 is 0 Å². The van der Waals surface area contributed by atoms with Crippen LogP contribution < -0.4 is 15.3 Å². The molecule has 0 saturated carbocycles. The summed E-state index contributed by atoms with van der Waals surface area (Å²) in [6.07, 6.45) is 2.56. The minimum absolute atomic E-state index is 0.742. The second-order valence-electron chi connectivity index (χ2n) is 8.98. The Kier molecular flexibility index (Phi) is 4.39. The minimum atomic E-state index is -1.79. The molecule has 3 aromatic rings. The van der Waals surface area contributed by atoms with Crippen molar-refractivity contribution in [3.8, 4) is 0 Å². The number of fused-ring (bicyclic) bond motifs is 4. The summed E-state index contributed by atoms with van der Waals surface area (Å²) < 4.78 is 0. The van der Waals surface area contributed by atoms with Crippen molar-refractivity contribution in [2.45, 2.75) is 31.9 Å². The average molecular weight is 384 g/mol. The van der Waals surface area contributed by atoms with Crippen LogP contribution >= 0.6 is 0 Å². The Morgan fingerprint density at radius 3 is 2.36 bits per heavy atom. The maximum Gasteiger partial charge on any atom is 0.122 e. The summed E-state index contributed by atoms with van der Waals surface area (Å²) in [5.41, 5.74) is 5.18. The van der Waals surface area contributed by atoms with Gasteiger partial charge in [-0.1, -0.05) is 90.1 Å². The molecule has 0 amide bonds. The van der Waals surface area contributed by atoms with E-state index in [0.717, 1.165) is 11.5 Å². The molecular formula is C26H29NSi. The lowest BCUT2D eigenvalue weighted by Crippen LogP contribution is -2.67. The van der Waals surface area contributed by atoms with Crippen molar-refractivity contribution in [1.82, 2.24) is 0 Å². The van der Waals surface area contributed by atoms with Gasteiger partial charge in [0.2, 0.25) is 0 Å². The van der Waals surface area contributed by atoms with Gasteiger partial charge in [-0.25, -0.2) is 0 Å². The van der Waals surface area contributed by atoms with Crippen molar-refractivity contribution >= 4 is 24.1 Å². The first kappa shape index (κ1) is 17.8. The Morgan fingerprint density at radius 2 is 1.61 bits per heavy atom. The Bertz CT molecular complexity index is 968. The highest BCUT2D eigenvalue weighted by molar-refractivity contribution is 7.03. The zero-order valence-electron chi connectivity index (χ0n) is 16.9. The normalized spacial score (nSPS) is 26.0. The molecule has 3 aromatic carbocycles. The van der Waals surface area contributed by atoms with E-state index in [2.05, 4.69) is 97.2 Å². The molecule has 2 heterocycles. The molecule has 1 saturated heterocycles. The van der Waals surface area contributed by atoms with Crippen LogP contribution in [0.5, 0.6) is 0 Å². The molecule has 0 N–H and O–H groups in total. The summed E-state index contributed by atoms with van der Waals surface area (Å²) in [5.74, 6) is 0.742. The third-order valence-electron chi connectivity index (χ3n) is 7.15. The van der Waals surface area contributed by atoms with E-state index in [1.54, 1.807) is 10.4 Å². The number of anilines is 1. The van der Waals surface area contributed by atoms with Crippen molar-refractivity contribution in [2.75, 3.05) is 18.0 Å². The SMILES string of the molecule is Cc1ccc2c(c1)[Si@](C)(c1ccccc1)[C@H]1C[C@H](Cc3ccccc3)CN2C1. The predicted molar refractivity (Wildman–Crippen MR) is 123 cm³/mol. The lowest BCUT2D eigenvalue weighted by Gasteiger charge is -2.52. The molecular weight excluding hydrogens is 354 g/mol. The number of piperidine rings is 1. The number of rotatable bonds is 3. The number of aryl methyl sites for hydroxylation is 1. The molecule has 0 unspecified atom stereocenters. The van der Waals surface area contributed by atoms with E-state index in [4.69, 9.17) is 0 Å². The van der Waals surface area contributed by atoms with Gasteiger partial charge in [0, 0.05) is 18.8 Å². The van der Waals surface area contributed by atoms with Crippen molar-refractivity contribution in [2.24, 2.45) is 5.92 Å². The monoisotopic (exact) mass is 383 g/mol. The van der Waals surface area contributed by atoms with Crippen LogP contribution in [-0.2, 0) is 6.42 Å². The quantitative estimate of drug-likeness (QED) is 0.596. The summed E-state index contributed by atoms with van der Waals surface area (Å²) >= 11 is 0. The van der Waals surface area contributed by atoms with Gasteiger partial charge < -0.3 is 4.90 Å². The highest BCUT2D eigenvalue weighted by Gasteiger charge is 2.49. The number of hydrogen-bond acceptors (Lipinski definition) is 1. The highest BCUT2D eigenvalue weighted by Crippen LogP contribution is 2.42. The number of hydrogen-bond donors (Lipinski definition) is 0. The molecule has 3 atom stereocenters. The van der Waals surface area contributed by atoms with Gasteiger partial charge >= 0.3 is 0 Å². The zero-order chi connectivity index (χ0) is 19.1. The van der Waals surface area contributed by atoms with Gasteiger partial charge in [-0.2, -0.15) is 0 Å². The maximum atomic E-state index is 2.70. The minimum Gasteiger partial charge on any atom is -0.371 e. The summed E-state index contributed by atoms with van der Waals surface area (Å²) in [7, 11) is -1.79. The van der Waals surface area contributed by atoms with E-state index in [1.807, 2.05) is 0 Å². The Labute approximate surface area is 170 Å². The smallest absolute Gasteiger partial charge is 0.122 e. The fourth-order valence-electron chi connectivity index (χ4n) is 5.65. The van der Waals surface area contributed by atoms with Crippen LogP contribution in [0.2, 0.25) is 12.1 Å². The molecule has 0 aromatic heterocycles. The maximum absolute atomic E-state index is 2.70. The molecule has 1 fully saturated rings. The van der Waals surface area contributed by atoms with E-state index in [-0.39, 0.29) is 0 Å². The van der Waals surface area contributed by atoms with Gasteiger partial charge in [-0.3, -0.25) is 0 Å². The summed E-state index contributed by atoms with van der Waals surface area (Å²) in [4.78, 5) is 2.70. The molecule has 0 radical (unpaired) electrons. The van der Waals surface area contributed by atoms with Crippen molar-refractivity contribution in [1.29, 1.82) is 0 Å². The summed E-state index contributed by atoms with van der Waals surface area (Å²) in [6, 6.07) is 29.7. The van der Waals surface area contributed by atoms with E-state index in [9.17, 15) is 0 Å². The van der Waals surface area contributed by atoms with Crippen LogP contribution in [-0.4, -0.2) is 21.2 Å². The second kappa shape index (κ2) is 6.93. The molecule has 0 spiro atoms. The summed E-state index contributed by atoms with van der Waals surface area (Å²) in [6.45, 7) is 7.31. The molecule has 2 aliphatic heterocycles. The average Bonchev–Trinajstić information content (AvgIpc) is 2.73. The predicted octanol–water partition coefficient (Wildman–Crippen LogP) is 4.64. The van der Waals surface area contributed by atoms with E-state index in [0.29, 0.717) is 0 Å². The molecule has 2 bridgehead atoms. The van der Waals surface area contributed by atoms with Crippen LogP contribution in [0.15, 0.2) is 78.9 Å². The number of nitrogens with zero attached hydrogens (tertiary/aromatic N) is 1. The Balaban J connectivity index is 1.58. The van der Waals surface area contributed by atoms with E-state index < -0.39 is 8.07 Å². The van der Waals surface area contributed by atoms with Gasteiger partial charge in [0.05, 0.1) is 0 Å². The third-order valence-corrected chi connectivity index (χ3v) is 12.3. The van der Waals surface area contributed by atoms with Gasteiger partial charge in [0.25, 0.3) is 0 Å². The largest absolute Gasteiger partial charge is 0.371 e. The fourth-order valence-corrected chi connectivity index (χ4v) is 10.4.